The Balaban J connectivity index is 1.77. The van der Waals surface area contributed by atoms with Gasteiger partial charge in [0.25, 0.3) is 0 Å². The molecule has 1 heterocycles. The molecule has 1 aromatic heterocycles. The monoisotopic (exact) mass is 351 g/mol. The number of benzene rings is 1. The first-order valence-corrected chi connectivity index (χ1v) is 8.03. The van der Waals surface area contributed by atoms with Gasteiger partial charge >= 0.3 is 6.18 Å². The zero-order valence-electron chi connectivity index (χ0n) is 14.1. The summed E-state index contributed by atoms with van der Waals surface area (Å²) in [4.78, 5) is 9.89. The molecule has 1 aliphatic rings. The Kier molecular flexibility index (Phi) is 4.80. The van der Waals surface area contributed by atoms with Gasteiger partial charge in [0.1, 0.15) is 11.4 Å². The van der Waals surface area contributed by atoms with E-state index in [1.54, 1.807) is 0 Å². The van der Waals surface area contributed by atoms with Gasteiger partial charge in [-0.2, -0.15) is 18.2 Å². The van der Waals surface area contributed by atoms with Crippen LogP contribution in [0.2, 0.25) is 0 Å². The lowest BCUT2D eigenvalue weighted by atomic mass is 10.2. The Morgan fingerprint density at radius 3 is 2.40 bits per heavy atom. The Bertz CT molecular complexity index is 724. The van der Waals surface area contributed by atoms with Crippen molar-refractivity contribution in [2.75, 3.05) is 24.7 Å². The lowest BCUT2D eigenvalue weighted by Gasteiger charge is -2.15. The highest BCUT2D eigenvalue weighted by Gasteiger charge is 2.36. The second-order valence-corrected chi connectivity index (χ2v) is 6.43. The number of hydrogen-bond donors (Lipinski definition) is 2. The van der Waals surface area contributed by atoms with Gasteiger partial charge in [-0.25, -0.2) is 4.98 Å². The summed E-state index contributed by atoms with van der Waals surface area (Å²) < 4.78 is 39.2. The Hall–Kier alpha value is -2.35. The molecule has 0 radical (unpaired) electrons. The van der Waals surface area contributed by atoms with Crippen molar-refractivity contribution < 1.29 is 13.2 Å². The van der Waals surface area contributed by atoms with Gasteiger partial charge in [-0.05, 0) is 44.6 Å². The fraction of sp³-hybridized carbons (Fsp3) is 0.412. The van der Waals surface area contributed by atoms with Crippen LogP contribution in [0.4, 0.5) is 30.6 Å². The molecule has 0 saturated heterocycles. The van der Waals surface area contributed by atoms with Gasteiger partial charge in [-0.15, -0.1) is 0 Å². The standard InChI is InChI=1S/C17H20F3N5/c1-25(2)10-11-3-5-13(6-4-11)23-16-21-9-14(17(18,19)20)15(24-16)22-12-7-8-12/h3-6,9,12H,7-8,10H2,1-2H3,(H2,21,22,23,24). The molecule has 3 rings (SSSR count). The second kappa shape index (κ2) is 6.87. The summed E-state index contributed by atoms with van der Waals surface area (Å²) in [6.45, 7) is 0.812. The van der Waals surface area contributed by atoms with Crippen molar-refractivity contribution in [1.82, 2.24) is 14.9 Å². The minimum absolute atomic E-state index is 0.0640. The molecule has 8 heteroatoms. The Morgan fingerprint density at radius 1 is 1.16 bits per heavy atom. The molecule has 2 N–H and O–H groups in total. The highest BCUT2D eigenvalue weighted by Crippen LogP contribution is 2.36. The molecular formula is C17H20F3N5. The Morgan fingerprint density at radius 2 is 1.84 bits per heavy atom. The van der Waals surface area contributed by atoms with Crippen LogP contribution in [0.25, 0.3) is 0 Å². The van der Waals surface area contributed by atoms with Crippen LogP contribution in [0, 0.1) is 0 Å². The first kappa shape index (κ1) is 17.5. The van der Waals surface area contributed by atoms with E-state index in [1.807, 2.05) is 38.4 Å². The summed E-state index contributed by atoms with van der Waals surface area (Å²) >= 11 is 0. The summed E-state index contributed by atoms with van der Waals surface area (Å²) in [5, 5.41) is 5.79. The number of nitrogens with zero attached hydrogens (tertiary/aromatic N) is 3. The number of anilines is 3. The molecule has 134 valence electrons. The van der Waals surface area contributed by atoms with Gasteiger partial charge in [0.15, 0.2) is 0 Å². The molecule has 1 saturated carbocycles. The molecule has 0 spiro atoms. The van der Waals surface area contributed by atoms with Crippen LogP contribution < -0.4 is 10.6 Å². The van der Waals surface area contributed by atoms with E-state index in [-0.39, 0.29) is 17.8 Å². The zero-order valence-corrected chi connectivity index (χ0v) is 14.1. The van der Waals surface area contributed by atoms with E-state index in [4.69, 9.17) is 0 Å². The third-order valence-electron chi connectivity index (χ3n) is 3.72. The average Bonchev–Trinajstić information content (AvgIpc) is 3.32. The highest BCUT2D eigenvalue weighted by atomic mass is 19.4. The third-order valence-corrected chi connectivity index (χ3v) is 3.72. The van der Waals surface area contributed by atoms with E-state index in [2.05, 4.69) is 25.5 Å². The topological polar surface area (TPSA) is 53.1 Å². The fourth-order valence-corrected chi connectivity index (χ4v) is 2.37. The SMILES string of the molecule is CN(C)Cc1ccc(Nc2ncc(C(F)(F)F)c(NC3CC3)n2)cc1. The molecule has 0 unspecified atom stereocenters. The molecule has 25 heavy (non-hydrogen) atoms. The van der Waals surface area contributed by atoms with Gasteiger partial charge in [0.2, 0.25) is 5.95 Å². The first-order chi connectivity index (χ1) is 11.8. The largest absolute Gasteiger partial charge is 0.421 e. The average molecular weight is 351 g/mol. The summed E-state index contributed by atoms with van der Waals surface area (Å²) in [7, 11) is 3.97. The number of nitrogens with one attached hydrogen (secondary N) is 2. The van der Waals surface area contributed by atoms with Crippen LogP contribution >= 0.6 is 0 Å². The van der Waals surface area contributed by atoms with Crippen molar-refractivity contribution in [3.63, 3.8) is 0 Å². The van der Waals surface area contributed by atoms with Gasteiger partial charge in [-0.1, -0.05) is 12.1 Å². The molecule has 0 aliphatic heterocycles. The quantitative estimate of drug-likeness (QED) is 0.827. The number of alkyl halides is 3. The van der Waals surface area contributed by atoms with Crippen LogP contribution in [0.3, 0.4) is 0 Å². The zero-order chi connectivity index (χ0) is 18.0. The van der Waals surface area contributed by atoms with E-state index in [0.29, 0.717) is 0 Å². The predicted octanol–water partition coefficient (Wildman–Crippen LogP) is 3.87. The van der Waals surface area contributed by atoms with Crippen molar-refractivity contribution in [1.29, 1.82) is 0 Å². The summed E-state index contributed by atoms with van der Waals surface area (Å²) in [5.41, 5.74) is 1.02. The fourth-order valence-electron chi connectivity index (χ4n) is 2.37. The molecule has 1 fully saturated rings. The van der Waals surface area contributed by atoms with Crippen molar-refractivity contribution in [2.24, 2.45) is 0 Å². The summed E-state index contributed by atoms with van der Waals surface area (Å²) in [5.74, 6) is -0.0340. The third kappa shape index (κ3) is 4.82. The molecule has 0 atom stereocenters. The molecule has 0 amide bonds. The van der Waals surface area contributed by atoms with E-state index < -0.39 is 11.7 Å². The maximum atomic E-state index is 13.1. The summed E-state index contributed by atoms with van der Waals surface area (Å²) in [6, 6.07) is 7.68. The Labute approximate surface area is 144 Å². The van der Waals surface area contributed by atoms with Gasteiger partial charge in [0, 0.05) is 24.5 Å². The molecular weight excluding hydrogens is 331 g/mol. The maximum absolute atomic E-state index is 13.1. The van der Waals surface area contributed by atoms with Crippen LogP contribution in [0.1, 0.15) is 24.0 Å². The van der Waals surface area contributed by atoms with Crippen LogP contribution in [0.15, 0.2) is 30.5 Å². The van der Waals surface area contributed by atoms with Crippen molar-refractivity contribution >= 4 is 17.5 Å². The lowest BCUT2D eigenvalue weighted by Crippen LogP contribution is -2.15. The second-order valence-electron chi connectivity index (χ2n) is 6.43. The van der Waals surface area contributed by atoms with Crippen molar-refractivity contribution in [3.05, 3.63) is 41.6 Å². The minimum atomic E-state index is -4.48. The van der Waals surface area contributed by atoms with E-state index in [1.165, 1.54) is 0 Å². The van der Waals surface area contributed by atoms with Crippen LogP contribution in [-0.4, -0.2) is 35.0 Å². The molecule has 0 bridgehead atoms. The molecule has 2 aromatic rings. The maximum Gasteiger partial charge on any atom is 0.421 e. The van der Waals surface area contributed by atoms with Gasteiger partial charge in [-0.3, -0.25) is 0 Å². The van der Waals surface area contributed by atoms with E-state index in [9.17, 15) is 13.2 Å². The number of rotatable bonds is 6. The smallest absolute Gasteiger partial charge is 0.367 e. The molecule has 1 aromatic carbocycles. The van der Waals surface area contributed by atoms with E-state index >= 15 is 0 Å². The van der Waals surface area contributed by atoms with Crippen molar-refractivity contribution in [2.45, 2.75) is 31.6 Å². The first-order valence-electron chi connectivity index (χ1n) is 8.03. The van der Waals surface area contributed by atoms with Crippen LogP contribution in [-0.2, 0) is 12.7 Å². The highest BCUT2D eigenvalue weighted by molar-refractivity contribution is 5.57. The molecule has 1 aliphatic carbocycles. The number of halogens is 3. The van der Waals surface area contributed by atoms with Crippen molar-refractivity contribution in [3.8, 4) is 0 Å². The lowest BCUT2D eigenvalue weighted by molar-refractivity contribution is -0.137. The normalized spacial score (nSPS) is 14.6. The van der Waals surface area contributed by atoms with Gasteiger partial charge < -0.3 is 15.5 Å². The summed E-state index contributed by atoms with van der Waals surface area (Å²) in [6.07, 6.45) is -1.95. The van der Waals surface area contributed by atoms with Gasteiger partial charge in [0.05, 0.1) is 0 Å². The van der Waals surface area contributed by atoms with E-state index in [0.717, 1.165) is 36.8 Å². The number of hydrogen-bond acceptors (Lipinski definition) is 5. The minimum Gasteiger partial charge on any atom is -0.367 e. The molecule has 5 nitrogen and oxygen atoms in total. The number of aromatic nitrogens is 2. The van der Waals surface area contributed by atoms with Crippen LogP contribution in [0.5, 0.6) is 0 Å². The predicted molar refractivity (Wildman–Crippen MR) is 90.8 cm³/mol.